The van der Waals surface area contributed by atoms with Crippen LogP contribution in [0.5, 0.6) is 17.2 Å². The minimum absolute atomic E-state index is 0.0477. The van der Waals surface area contributed by atoms with Gasteiger partial charge in [0.25, 0.3) is 5.91 Å². The fourth-order valence-corrected chi connectivity index (χ4v) is 5.01. The molecule has 2 atom stereocenters. The Hall–Kier alpha value is -4.02. The molecular weight excluding hydrogens is 509 g/mol. The number of ether oxygens (including phenoxy) is 2. The van der Waals surface area contributed by atoms with Crippen molar-refractivity contribution in [2.75, 3.05) is 20.3 Å². The average Bonchev–Trinajstić information content (AvgIpc) is 3.37. The molecule has 1 aliphatic rings. The lowest BCUT2D eigenvalue weighted by atomic mass is 10.1. The second-order valence-electron chi connectivity index (χ2n) is 8.55. The number of hydrogen-bond acceptors (Lipinski definition) is 8. The van der Waals surface area contributed by atoms with Gasteiger partial charge in [-0.3, -0.25) is 4.79 Å². The number of carbonyl (C=O) groups is 1. The van der Waals surface area contributed by atoms with Gasteiger partial charge in [-0.05, 0) is 49.4 Å². The Labute approximate surface area is 224 Å². The van der Waals surface area contributed by atoms with E-state index in [2.05, 4.69) is 17.0 Å². The molecule has 3 aromatic carbocycles. The minimum Gasteiger partial charge on any atom is -0.507 e. The van der Waals surface area contributed by atoms with Crippen molar-refractivity contribution in [1.82, 2.24) is 10.3 Å². The predicted octanol–water partition coefficient (Wildman–Crippen LogP) is 4.65. The molecule has 0 fully saturated rings. The first-order valence-electron chi connectivity index (χ1n) is 11.8. The first-order valence-corrected chi connectivity index (χ1v) is 12.7. The van der Waals surface area contributed by atoms with E-state index < -0.39 is 11.3 Å². The van der Waals surface area contributed by atoms with Crippen LogP contribution in [0.2, 0.25) is 0 Å². The van der Waals surface area contributed by atoms with Crippen molar-refractivity contribution in [3.8, 4) is 17.2 Å². The fourth-order valence-electron chi connectivity index (χ4n) is 3.83. The number of benzene rings is 3. The lowest BCUT2D eigenvalue weighted by Gasteiger charge is -2.24. The van der Waals surface area contributed by atoms with Crippen LogP contribution in [-0.2, 0) is 0 Å². The maximum absolute atomic E-state index is 13.6. The molecule has 2 unspecified atom stereocenters. The number of aromatic hydroxyl groups is 1. The van der Waals surface area contributed by atoms with E-state index >= 15 is 0 Å². The van der Waals surface area contributed by atoms with Crippen molar-refractivity contribution in [2.45, 2.75) is 18.3 Å². The molecule has 4 rings (SSSR count). The van der Waals surface area contributed by atoms with Crippen molar-refractivity contribution < 1.29 is 28.9 Å². The van der Waals surface area contributed by atoms with Gasteiger partial charge in [-0.15, -0.1) is 0 Å². The number of para-hydroxylation sites is 2. The van der Waals surface area contributed by atoms with Crippen molar-refractivity contribution in [2.24, 2.45) is 5.10 Å². The Morgan fingerprint density at radius 2 is 1.92 bits per heavy atom. The Kier molecular flexibility index (Phi) is 8.55. The van der Waals surface area contributed by atoms with Gasteiger partial charge in [0.05, 0.1) is 19.3 Å². The summed E-state index contributed by atoms with van der Waals surface area (Å²) in [6.45, 7) is 5.82. The number of methoxy groups -OCH3 is 1. The molecule has 0 saturated carbocycles. The van der Waals surface area contributed by atoms with E-state index in [0.29, 0.717) is 33.4 Å². The van der Waals surface area contributed by atoms with Crippen LogP contribution in [0.15, 0.2) is 84.1 Å². The summed E-state index contributed by atoms with van der Waals surface area (Å²) in [5.41, 5.74) is 1.92. The number of carbonyl (C=O) groups excluding carboxylic acids is 1. The summed E-state index contributed by atoms with van der Waals surface area (Å²) in [7, 11) is 1.50. The van der Waals surface area contributed by atoms with Crippen LogP contribution in [0.1, 0.15) is 33.8 Å². The van der Waals surface area contributed by atoms with Crippen LogP contribution in [0.4, 0.5) is 4.39 Å². The molecule has 0 bridgehead atoms. The van der Waals surface area contributed by atoms with Crippen molar-refractivity contribution in [3.63, 3.8) is 0 Å². The summed E-state index contributed by atoms with van der Waals surface area (Å²) in [4.78, 5) is 13.6. The first kappa shape index (κ1) is 27.0. The van der Waals surface area contributed by atoms with Crippen LogP contribution in [0.25, 0.3) is 0 Å². The summed E-state index contributed by atoms with van der Waals surface area (Å²) in [5, 5.41) is 28.3. The van der Waals surface area contributed by atoms with Crippen molar-refractivity contribution >= 4 is 22.7 Å². The Morgan fingerprint density at radius 3 is 2.61 bits per heavy atom. The number of thioether (sulfide) groups is 1. The maximum Gasteiger partial charge on any atom is 0.279 e. The highest BCUT2D eigenvalue weighted by Gasteiger charge is 2.37. The smallest absolute Gasteiger partial charge is 0.279 e. The Balaban J connectivity index is 1.69. The monoisotopic (exact) mass is 537 g/mol. The molecule has 38 heavy (non-hydrogen) atoms. The number of halogens is 1. The normalized spacial score (nSPS) is 15.5. The van der Waals surface area contributed by atoms with Gasteiger partial charge in [0.1, 0.15) is 28.6 Å². The SMILES string of the molecule is C=C(COc1cccc(C2SC(c3ccc(F)cc3)=NN2C(=O)c2ccccc2O)c1OC)NC(C)CO. The van der Waals surface area contributed by atoms with Crippen LogP contribution < -0.4 is 14.8 Å². The minimum atomic E-state index is -0.670. The summed E-state index contributed by atoms with van der Waals surface area (Å²) in [6, 6.07) is 17.2. The second kappa shape index (κ2) is 12.0. The molecule has 3 aromatic rings. The highest BCUT2D eigenvalue weighted by Crippen LogP contribution is 2.47. The van der Waals surface area contributed by atoms with E-state index in [1.165, 1.54) is 48.1 Å². The largest absolute Gasteiger partial charge is 0.507 e. The van der Waals surface area contributed by atoms with E-state index in [1.807, 2.05) is 6.92 Å². The van der Waals surface area contributed by atoms with Crippen molar-refractivity contribution in [3.05, 3.63) is 102 Å². The lowest BCUT2D eigenvalue weighted by molar-refractivity contribution is 0.0744. The highest BCUT2D eigenvalue weighted by molar-refractivity contribution is 8.14. The Bertz CT molecular complexity index is 1350. The number of amides is 1. The van der Waals surface area contributed by atoms with E-state index in [9.17, 15) is 19.4 Å². The summed E-state index contributed by atoms with van der Waals surface area (Å²) in [5.74, 6) is -0.235. The van der Waals surface area contributed by atoms with E-state index in [4.69, 9.17) is 9.47 Å². The van der Waals surface area contributed by atoms with E-state index in [-0.39, 0.29) is 36.4 Å². The summed E-state index contributed by atoms with van der Waals surface area (Å²) in [6.07, 6.45) is 0. The molecule has 10 heteroatoms. The quantitative estimate of drug-likeness (QED) is 0.346. The first-order chi connectivity index (χ1) is 18.3. The number of hydrogen-bond donors (Lipinski definition) is 3. The molecule has 3 N–H and O–H groups in total. The van der Waals surface area contributed by atoms with E-state index in [1.54, 1.807) is 42.5 Å². The standard InChI is InChI=1S/C28H28FN3O5S/c1-17(15-33)30-18(2)16-37-24-10-6-8-22(25(24)36-3)28-32(27(35)21-7-4-5-9-23(21)34)31-26(38-28)19-11-13-20(29)14-12-19/h4-14,17,28,30,33-34H,2,15-16H2,1,3H3. The number of aliphatic hydroxyl groups is 1. The molecule has 0 saturated heterocycles. The molecule has 0 aromatic heterocycles. The highest BCUT2D eigenvalue weighted by atomic mass is 32.2. The third-order valence-corrected chi connectivity index (χ3v) is 6.90. The molecular formula is C28H28FN3O5S. The summed E-state index contributed by atoms with van der Waals surface area (Å²) >= 11 is 1.29. The van der Waals surface area contributed by atoms with Gasteiger partial charge < -0.3 is 25.0 Å². The van der Waals surface area contributed by atoms with Crippen LogP contribution in [-0.4, -0.2) is 52.5 Å². The molecule has 198 valence electrons. The van der Waals surface area contributed by atoms with Crippen LogP contribution >= 0.6 is 11.8 Å². The van der Waals surface area contributed by atoms with Gasteiger partial charge >= 0.3 is 0 Å². The maximum atomic E-state index is 13.6. The molecule has 0 spiro atoms. The van der Waals surface area contributed by atoms with Gasteiger partial charge in [0.15, 0.2) is 11.5 Å². The van der Waals surface area contributed by atoms with Gasteiger partial charge in [0.2, 0.25) is 0 Å². The van der Waals surface area contributed by atoms with Gasteiger partial charge in [-0.25, -0.2) is 9.40 Å². The lowest BCUT2D eigenvalue weighted by Crippen LogP contribution is -2.30. The number of phenolic OH excluding ortho intramolecular Hbond substituents is 1. The second-order valence-corrected chi connectivity index (χ2v) is 9.62. The summed E-state index contributed by atoms with van der Waals surface area (Å²) < 4.78 is 25.2. The number of nitrogens with one attached hydrogen (secondary N) is 1. The third-order valence-electron chi connectivity index (χ3n) is 5.68. The third kappa shape index (κ3) is 5.92. The molecule has 0 aliphatic carbocycles. The molecule has 1 amide bonds. The predicted molar refractivity (Wildman–Crippen MR) is 145 cm³/mol. The molecule has 1 heterocycles. The van der Waals surface area contributed by atoms with Crippen LogP contribution in [0, 0.1) is 5.82 Å². The zero-order chi connectivity index (χ0) is 27.2. The topological polar surface area (TPSA) is 104 Å². The van der Waals surface area contributed by atoms with E-state index in [0.717, 1.165) is 0 Å². The van der Waals surface area contributed by atoms with Gasteiger partial charge in [-0.1, -0.05) is 42.6 Å². The molecule has 8 nitrogen and oxygen atoms in total. The zero-order valence-corrected chi connectivity index (χ0v) is 21.7. The number of hydrazone groups is 1. The number of rotatable bonds is 10. The van der Waals surface area contributed by atoms with Crippen LogP contribution in [0.3, 0.4) is 0 Å². The van der Waals surface area contributed by atoms with Crippen molar-refractivity contribution in [1.29, 1.82) is 0 Å². The number of nitrogens with zero attached hydrogens (tertiary/aromatic N) is 2. The molecule has 1 aliphatic heterocycles. The zero-order valence-electron chi connectivity index (χ0n) is 20.9. The van der Waals surface area contributed by atoms with Gasteiger partial charge in [0, 0.05) is 22.9 Å². The fraction of sp³-hybridized carbons (Fsp3) is 0.214. The number of aliphatic hydroxyl groups excluding tert-OH is 1. The van der Waals surface area contributed by atoms with Gasteiger partial charge in [-0.2, -0.15) is 5.10 Å². The Morgan fingerprint density at radius 1 is 1.18 bits per heavy atom. The average molecular weight is 538 g/mol. The molecule has 0 radical (unpaired) electrons. The number of phenols is 1.